The fraction of sp³-hybridized carbons (Fsp3) is 0.333. The highest BCUT2D eigenvalue weighted by molar-refractivity contribution is 5.93. The Kier molecular flexibility index (Phi) is 3.59. The van der Waals surface area contributed by atoms with Crippen LogP contribution in [0.3, 0.4) is 0 Å². The second-order valence-electron chi connectivity index (χ2n) is 6.51. The van der Waals surface area contributed by atoms with Crippen molar-refractivity contribution >= 4 is 11.8 Å². The molecule has 2 aromatic rings. The predicted molar refractivity (Wildman–Crippen MR) is 85.5 cm³/mol. The molecule has 4 rings (SSSR count). The van der Waals surface area contributed by atoms with Crippen molar-refractivity contribution in [3.8, 4) is 0 Å². The maximum absolute atomic E-state index is 13.3. The molecule has 0 bridgehead atoms. The minimum absolute atomic E-state index is 0.0566. The summed E-state index contributed by atoms with van der Waals surface area (Å²) in [5, 5.41) is 0. The standard InChI is InChI=1S/C18H18FN3O2/c19-14-4-1-3-12(7-14)8-21-9-13-10-22(11-15(13)17(21)23)18(24)16-5-2-6-20-16/h1-7,13,15,20H,8-11H2/t13-,15+/m0/s1. The van der Waals surface area contributed by atoms with Gasteiger partial charge in [-0.05, 0) is 29.8 Å². The van der Waals surface area contributed by atoms with Gasteiger partial charge < -0.3 is 14.8 Å². The molecule has 6 heteroatoms. The van der Waals surface area contributed by atoms with Crippen LogP contribution in [0.5, 0.6) is 0 Å². The Balaban J connectivity index is 1.42. The summed E-state index contributed by atoms with van der Waals surface area (Å²) in [6.45, 7) is 2.09. The van der Waals surface area contributed by atoms with Crippen molar-refractivity contribution in [1.82, 2.24) is 14.8 Å². The first-order valence-corrected chi connectivity index (χ1v) is 8.08. The summed E-state index contributed by atoms with van der Waals surface area (Å²) in [5.74, 6) is -0.269. The van der Waals surface area contributed by atoms with E-state index in [1.807, 2.05) is 6.07 Å². The predicted octanol–water partition coefficient (Wildman–Crippen LogP) is 1.88. The molecule has 2 aliphatic heterocycles. The third-order valence-corrected chi connectivity index (χ3v) is 4.90. The smallest absolute Gasteiger partial charge is 0.270 e. The van der Waals surface area contributed by atoms with E-state index in [0.29, 0.717) is 31.9 Å². The zero-order valence-electron chi connectivity index (χ0n) is 13.1. The molecule has 0 radical (unpaired) electrons. The molecule has 0 unspecified atom stereocenters. The first-order valence-electron chi connectivity index (χ1n) is 8.08. The molecule has 0 aliphatic carbocycles. The fourth-order valence-electron chi connectivity index (χ4n) is 3.74. The van der Waals surface area contributed by atoms with Crippen LogP contribution in [0.1, 0.15) is 16.1 Å². The third kappa shape index (κ3) is 2.58. The summed E-state index contributed by atoms with van der Waals surface area (Å²) < 4.78 is 13.3. The number of fused-ring (bicyclic) bond motifs is 1. The van der Waals surface area contributed by atoms with Crippen LogP contribution in [0.25, 0.3) is 0 Å². The molecule has 2 aliphatic rings. The Morgan fingerprint density at radius 2 is 2.08 bits per heavy atom. The maximum Gasteiger partial charge on any atom is 0.270 e. The zero-order chi connectivity index (χ0) is 16.7. The number of H-pyrrole nitrogens is 1. The van der Waals surface area contributed by atoms with E-state index in [-0.39, 0.29) is 29.5 Å². The number of likely N-dealkylation sites (tertiary alicyclic amines) is 2. The lowest BCUT2D eigenvalue weighted by Gasteiger charge is -2.21. The van der Waals surface area contributed by atoms with Crippen molar-refractivity contribution in [3.05, 3.63) is 59.7 Å². The monoisotopic (exact) mass is 327 g/mol. The summed E-state index contributed by atoms with van der Waals surface area (Å²) in [7, 11) is 0. The van der Waals surface area contributed by atoms with E-state index in [2.05, 4.69) is 4.98 Å². The fourth-order valence-corrected chi connectivity index (χ4v) is 3.74. The van der Waals surface area contributed by atoms with Crippen LogP contribution < -0.4 is 0 Å². The number of aromatic amines is 1. The number of rotatable bonds is 3. The van der Waals surface area contributed by atoms with Gasteiger partial charge in [-0.1, -0.05) is 12.1 Å². The second kappa shape index (κ2) is 5.78. The Morgan fingerprint density at radius 1 is 1.21 bits per heavy atom. The molecule has 2 fully saturated rings. The van der Waals surface area contributed by atoms with Crippen molar-refractivity contribution in [1.29, 1.82) is 0 Å². The molecular formula is C18H18FN3O2. The highest BCUT2D eigenvalue weighted by Crippen LogP contribution is 2.33. The number of amides is 2. The number of carbonyl (C=O) groups is 2. The minimum atomic E-state index is -0.290. The van der Waals surface area contributed by atoms with Crippen LogP contribution in [0.15, 0.2) is 42.6 Å². The number of nitrogens with one attached hydrogen (secondary N) is 1. The van der Waals surface area contributed by atoms with Gasteiger partial charge in [-0.15, -0.1) is 0 Å². The van der Waals surface area contributed by atoms with Gasteiger partial charge in [-0.3, -0.25) is 9.59 Å². The largest absolute Gasteiger partial charge is 0.357 e. The van der Waals surface area contributed by atoms with E-state index in [0.717, 1.165) is 5.56 Å². The first kappa shape index (κ1) is 14.9. The number of nitrogens with zero attached hydrogens (tertiary/aromatic N) is 2. The summed E-state index contributed by atoms with van der Waals surface area (Å²) in [6, 6.07) is 9.87. The molecule has 2 atom stereocenters. The normalized spacial score (nSPS) is 23.0. The molecule has 5 nitrogen and oxygen atoms in total. The van der Waals surface area contributed by atoms with E-state index in [9.17, 15) is 14.0 Å². The summed E-state index contributed by atoms with van der Waals surface area (Å²) in [5.41, 5.74) is 1.35. The summed E-state index contributed by atoms with van der Waals surface area (Å²) in [6.07, 6.45) is 1.72. The van der Waals surface area contributed by atoms with E-state index in [1.165, 1.54) is 12.1 Å². The van der Waals surface area contributed by atoms with Gasteiger partial charge >= 0.3 is 0 Å². The number of hydrogen-bond donors (Lipinski definition) is 1. The molecule has 0 spiro atoms. The van der Waals surface area contributed by atoms with Gasteiger partial charge in [-0.2, -0.15) is 0 Å². The highest BCUT2D eigenvalue weighted by Gasteiger charge is 2.47. The minimum Gasteiger partial charge on any atom is -0.357 e. The molecular weight excluding hydrogens is 309 g/mol. The van der Waals surface area contributed by atoms with Crippen LogP contribution in [0, 0.1) is 17.7 Å². The van der Waals surface area contributed by atoms with Gasteiger partial charge in [0.25, 0.3) is 5.91 Å². The van der Waals surface area contributed by atoms with Crippen molar-refractivity contribution in [2.24, 2.45) is 11.8 Å². The lowest BCUT2D eigenvalue weighted by molar-refractivity contribution is -0.131. The molecule has 2 amide bonds. The maximum atomic E-state index is 13.3. The average Bonchev–Trinajstić information content (AvgIpc) is 3.27. The van der Waals surface area contributed by atoms with Gasteiger partial charge in [0, 0.05) is 38.3 Å². The Morgan fingerprint density at radius 3 is 2.79 bits per heavy atom. The Hall–Kier alpha value is -2.63. The van der Waals surface area contributed by atoms with Crippen LogP contribution in [-0.4, -0.2) is 46.2 Å². The highest BCUT2D eigenvalue weighted by atomic mass is 19.1. The summed E-state index contributed by atoms with van der Waals surface area (Å²) in [4.78, 5) is 31.4. The molecule has 0 saturated carbocycles. The third-order valence-electron chi connectivity index (χ3n) is 4.90. The molecule has 2 saturated heterocycles. The van der Waals surface area contributed by atoms with E-state index < -0.39 is 0 Å². The second-order valence-corrected chi connectivity index (χ2v) is 6.51. The SMILES string of the molecule is O=C(c1ccc[nH]1)N1C[C@@H]2CN(Cc3cccc(F)c3)C(=O)[C@@H]2C1. The topological polar surface area (TPSA) is 56.4 Å². The molecule has 3 heterocycles. The lowest BCUT2D eigenvalue weighted by Crippen LogP contribution is -2.35. The van der Waals surface area contributed by atoms with Gasteiger partial charge in [0.2, 0.25) is 5.91 Å². The molecule has 1 aromatic heterocycles. The van der Waals surface area contributed by atoms with E-state index in [1.54, 1.807) is 34.2 Å². The number of halogens is 1. The number of aromatic nitrogens is 1. The summed E-state index contributed by atoms with van der Waals surface area (Å²) >= 11 is 0. The lowest BCUT2D eigenvalue weighted by atomic mass is 10.0. The molecule has 1 aromatic carbocycles. The van der Waals surface area contributed by atoms with E-state index in [4.69, 9.17) is 0 Å². The Labute approximate surface area is 139 Å². The molecule has 24 heavy (non-hydrogen) atoms. The number of carbonyl (C=O) groups excluding carboxylic acids is 2. The van der Waals surface area contributed by atoms with Gasteiger partial charge in [0.1, 0.15) is 11.5 Å². The van der Waals surface area contributed by atoms with E-state index >= 15 is 0 Å². The molecule has 1 N–H and O–H groups in total. The quantitative estimate of drug-likeness (QED) is 0.936. The van der Waals surface area contributed by atoms with Crippen LogP contribution >= 0.6 is 0 Å². The van der Waals surface area contributed by atoms with Crippen LogP contribution in [-0.2, 0) is 11.3 Å². The van der Waals surface area contributed by atoms with Crippen LogP contribution in [0.4, 0.5) is 4.39 Å². The van der Waals surface area contributed by atoms with Crippen molar-refractivity contribution in [3.63, 3.8) is 0 Å². The van der Waals surface area contributed by atoms with Gasteiger partial charge in [0.05, 0.1) is 5.92 Å². The van der Waals surface area contributed by atoms with Crippen LogP contribution in [0.2, 0.25) is 0 Å². The van der Waals surface area contributed by atoms with Crippen molar-refractivity contribution in [2.45, 2.75) is 6.54 Å². The first-order chi connectivity index (χ1) is 11.6. The van der Waals surface area contributed by atoms with Crippen molar-refractivity contribution < 1.29 is 14.0 Å². The zero-order valence-corrected chi connectivity index (χ0v) is 13.1. The van der Waals surface area contributed by atoms with Gasteiger partial charge in [-0.25, -0.2) is 4.39 Å². The number of hydrogen-bond acceptors (Lipinski definition) is 2. The van der Waals surface area contributed by atoms with Gasteiger partial charge in [0.15, 0.2) is 0 Å². The molecule has 124 valence electrons. The van der Waals surface area contributed by atoms with Crippen molar-refractivity contribution in [2.75, 3.05) is 19.6 Å². The average molecular weight is 327 g/mol. The Bertz CT molecular complexity index is 774. The number of benzene rings is 1.